The molecule has 4 atom stereocenters. The lowest BCUT2D eigenvalue weighted by molar-refractivity contribution is -0.132. The van der Waals surface area contributed by atoms with E-state index < -0.39 is 41.9 Å². The zero-order chi connectivity index (χ0) is 39.1. The Morgan fingerprint density at radius 1 is 0.833 bits per heavy atom. The minimum Gasteiger partial charge on any atom is -0.449 e. The van der Waals surface area contributed by atoms with Crippen molar-refractivity contribution in [2.75, 3.05) is 64.7 Å². The van der Waals surface area contributed by atoms with E-state index in [4.69, 9.17) is 24.7 Å². The molecule has 8 N–H and O–H groups in total. The molecule has 1 saturated carbocycles. The van der Waals surface area contributed by atoms with Crippen LogP contribution in [0.5, 0.6) is 0 Å². The van der Waals surface area contributed by atoms with Crippen LogP contribution >= 0.6 is 0 Å². The lowest BCUT2D eigenvalue weighted by atomic mass is 10.0. The van der Waals surface area contributed by atoms with Crippen molar-refractivity contribution in [2.24, 2.45) is 29.4 Å². The SMILES string of the molecule is CC(C)[C@H](NC(=O)CCOCCOCCOCCNC(=O)OCC1C2CCC#CCCC21)C(=O)N[C@@H](CCCNC(N)=O)C(=O)Nc1ccc(CO)cc1. The van der Waals surface area contributed by atoms with E-state index in [0.717, 1.165) is 25.7 Å². The van der Waals surface area contributed by atoms with Gasteiger partial charge in [-0.25, -0.2) is 9.59 Å². The van der Waals surface area contributed by atoms with Crippen LogP contribution in [0.15, 0.2) is 24.3 Å². The smallest absolute Gasteiger partial charge is 0.407 e. The highest BCUT2D eigenvalue weighted by molar-refractivity contribution is 5.98. The molecular weight excluding hydrogens is 700 g/mol. The van der Waals surface area contributed by atoms with Crippen molar-refractivity contribution in [2.45, 2.75) is 77.5 Å². The van der Waals surface area contributed by atoms with Gasteiger partial charge in [0.15, 0.2) is 0 Å². The Morgan fingerprint density at radius 3 is 2.07 bits per heavy atom. The molecule has 0 aromatic heterocycles. The molecule has 2 aliphatic carbocycles. The molecule has 0 aliphatic heterocycles. The number of amides is 6. The summed E-state index contributed by atoms with van der Waals surface area (Å²) in [5, 5.41) is 22.7. The number of carbonyl (C=O) groups is 5. The standard InChI is InChI=1S/C38H58N6O10/c1-26(2)34(36(48)43-32(10-7-16-40-37(39)49)35(47)42-28-13-11-27(24-45)12-14-28)44-33(46)15-18-51-20-22-53-23-21-52-19-17-41-38(50)54-25-31-29-8-5-3-4-6-9-30(29)31/h11-14,26,29-32,34,45H,5-10,15-25H2,1-2H3,(H,41,50)(H,42,47)(H,43,48)(H,44,46)(H3,39,40,49)/t29?,30?,31?,32-,34-/m0/s1. The third-order valence-electron chi connectivity index (χ3n) is 9.25. The monoisotopic (exact) mass is 758 g/mol. The number of carbonyl (C=O) groups excluding carboxylic acids is 5. The molecule has 2 unspecified atom stereocenters. The topological polar surface area (TPSA) is 229 Å². The highest BCUT2D eigenvalue weighted by Crippen LogP contribution is 2.52. The van der Waals surface area contributed by atoms with Crippen molar-refractivity contribution in [1.82, 2.24) is 21.3 Å². The van der Waals surface area contributed by atoms with Crippen LogP contribution in [0.25, 0.3) is 0 Å². The average Bonchev–Trinajstić information content (AvgIpc) is 3.79. The average molecular weight is 759 g/mol. The number of anilines is 1. The van der Waals surface area contributed by atoms with Gasteiger partial charge in [-0.15, -0.1) is 11.8 Å². The molecule has 300 valence electrons. The third-order valence-corrected chi connectivity index (χ3v) is 9.25. The number of primary amides is 1. The minimum atomic E-state index is -0.968. The predicted octanol–water partition coefficient (Wildman–Crippen LogP) is 1.80. The number of ether oxygens (including phenoxy) is 4. The second-order valence-corrected chi connectivity index (χ2v) is 13.7. The first-order valence-electron chi connectivity index (χ1n) is 18.8. The Labute approximate surface area is 317 Å². The lowest BCUT2D eigenvalue weighted by Crippen LogP contribution is -2.54. The Kier molecular flexibility index (Phi) is 20.2. The Bertz CT molecular complexity index is 1380. The maximum Gasteiger partial charge on any atom is 0.407 e. The molecule has 16 heteroatoms. The van der Waals surface area contributed by atoms with E-state index in [0.29, 0.717) is 75.0 Å². The first-order chi connectivity index (χ1) is 26.1. The van der Waals surface area contributed by atoms with Gasteiger partial charge in [0.05, 0.1) is 52.9 Å². The number of nitrogens with one attached hydrogen (secondary N) is 5. The molecule has 0 heterocycles. The quantitative estimate of drug-likeness (QED) is 0.0565. The molecule has 16 nitrogen and oxygen atoms in total. The molecule has 1 aromatic rings. The van der Waals surface area contributed by atoms with E-state index in [1.165, 1.54) is 0 Å². The number of hydrogen-bond acceptors (Lipinski definition) is 10. The van der Waals surface area contributed by atoms with Crippen LogP contribution in [0.3, 0.4) is 0 Å². The van der Waals surface area contributed by atoms with Crippen LogP contribution in [0.1, 0.15) is 64.4 Å². The summed E-state index contributed by atoms with van der Waals surface area (Å²) in [5.74, 6) is 6.39. The highest BCUT2D eigenvalue weighted by Gasteiger charge is 2.49. The minimum absolute atomic E-state index is 0.0123. The summed E-state index contributed by atoms with van der Waals surface area (Å²) >= 11 is 0. The molecule has 1 aromatic carbocycles. The maximum absolute atomic E-state index is 13.3. The summed E-state index contributed by atoms with van der Waals surface area (Å²) in [4.78, 5) is 62.2. The Hall–Kier alpha value is -4.43. The number of rotatable bonds is 25. The molecule has 1 fully saturated rings. The number of alkyl carbamates (subject to hydrolysis) is 1. The van der Waals surface area contributed by atoms with Gasteiger partial charge in [0.25, 0.3) is 0 Å². The van der Waals surface area contributed by atoms with Crippen molar-refractivity contribution >= 4 is 35.5 Å². The van der Waals surface area contributed by atoms with Gasteiger partial charge in [-0.3, -0.25) is 14.4 Å². The van der Waals surface area contributed by atoms with Gasteiger partial charge in [-0.2, -0.15) is 0 Å². The van der Waals surface area contributed by atoms with E-state index in [1.807, 2.05) is 0 Å². The zero-order valence-corrected chi connectivity index (χ0v) is 31.5. The number of aliphatic hydroxyl groups is 1. The van der Waals surface area contributed by atoms with Gasteiger partial charge in [-0.05, 0) is 67.1 Å². The Balaban J connectivity index is 1.24. The molecule has 0 saturated heterocycles. The van der Waals surface area contributed by atoms with E-state index in [9.17, 15) is 29.1 Å². The Morgan fingerprint density at radius 2 is 1.46 bits per heavy atom. The fourth-order valence-corrected chi connectivity index (χ4v) is 6.19. The van der Waals surface area contributed by atoms with Crippen molar-refractivity contribution in [3.63, 3.8) is 0 Å². The fourth-order valence-electron chi connectivity index (χ4n) is 6.19. The highest BCUT2D eigenvalue weighted by atomic mass is 16.6. The largest absolute Gasteiger partial charge is 0.449 e. The second kappa shape index (κ2) is 24.8. The summed E-state index contributed by atoms with van der Waals surface area (Å²) in [6.07, 6.45) is 4.17. The number of urea groups is 1. The summed E-state index contributed by atoms with van der Waals surface area (Å²) in [7, 11) is 0. The zero-order valence-electron chi connectivity index (χ0n) is 31.5. The summed E-state index contributed by atoms with van der Waals surface area (Å²) in [6, 6.07) is 4.02. The molecule has 54 heavy (non-hydrogen) atoms. The lowest BCUT2D eigenvalue weighted by Gasteiger charge is -2.25. The summed E-state index contributed by atoms with van der Waals surface area (Å²) in [5.41, 5.74) is 6.28. The number of aliphatic hydroxyl groups excluding tert-OH is 1. The van der Waals surface area contributed by atoms with Crippen molar-refractivity contribution in [1.29, 1.82) is 0 Å². The van der Waals surface area contributed by atoms with E-state index >= 15 is 0 Å². The van der Waals surface area contributed by atoms with Crippen LogP contribution in [0.2, 0.25) is 0 Å². The maximum atomic E-state index is 13.3. The van der Waals surface area contributed by atoms with Gasteiger partial charge < -0.3 is 56.4 Å². The molecular formula is C38H58N6O10. The first kappa shape index (κ1) is 44.0. The second-order valence-electron chi connectivity index (χ2n) is 13.7. The fraction of sp³-hybridized carbons (Fsp3) is 0.658. The molecule has 0 radical (unpaired) electrons. The third kappa shape index (κ3) is 17.1. The van der Waals surface area contributed by atoms with Gasteiger partial charge in [0.1, 0.15) is 12.1 Å². The predicted molar refractivity (Wildman–Crippen MR) is 200 cm³/mol. The van der Waals surface area contributed by atoms with Crippen LogP contribution in [0.4, 0.5) is 15.3 Å². The van der Waals surface area contributed by atoms with Crippen LogP contribution < -0.4 is 32.3 Å². The number of fused-ring (bicyclic) bond motifs is 1. The molecule has 2 aliphatic rings. The number of nitrogens with two attached hydrogens (primary N) is 1. The van der Waals surface area contributed by atoms with Crippen molar-refractivity contribution in [3.8, 4) is 11.8 Å². The van der Waals surface area contributed by atoms with E-state index in [-0.39, 0.29) is 45.1 Å². The van der Waals surface area contributed by atoms with E-state index in [2.05, 4.69) is 38.4 Å². The molecule has 6 amide bonds. The van der Waals surface area contributed by atoms with E-state index in [1.54, 1.807) is 38.1 Å². The van der Waals surface area contributed by atoms with Crippen molar-refractivity contribution < 1.29 is 48.0 Å². The first-order valence-corrected chi connectivity index (χ1v) is 18.8. The number of hydrogen-bond donors (Lipinski definition) is 7. The summed E-state index contributed by atoms with van der Waals surface area (Å²) in [6.45, 7) is 6.09. The van der Waals surface area contributed by atoms with Crippen molar-refractivity contribution in [3.05, 3.63) is 29.8 Å². The molecule has 0 bridgehead atoms. The van der Waals surface area contributed by atoms with Gasteiger partial charge in [0, 0.05) is 38.0 Å². The molecule has 3 rings (SSSR count). The van der Waals surface area contributed by atoms with Gasteiger partial charge in [-0.1, -0.05) is 26.0 Å². The van der Waals surface area contributed by atoms with Gasteiger partial charge >= 0.3 is 12.1 Å². The number of benzene rings is 1. The van der Waals surface area contributed by atoms with Crippen LogP contribution in [0, 0.1) is 35.5 Å². The molecule has 0 spiro atoms. The van der Waals surface area contributed by atoms with Gasteiger partial charge in [0.2, 0.25) is 17.7 Å². The summed E-state index contributed by atoms with van der Waals surface area (Å²) < 4.78 is 21.9. The van der Waals surface area contributed by atoms with Crippen LogP contribution in [-0.2, 0) is 39.9 Å². The van der Waals surface area contributed by atoms with Crippen LogP contribution in [-0.4, -0.2) is 106 Å². The normalized spacial score (nSPS) is 18.3.